The number of hydrogen-bond acceptors (Lipinski definition) is 5. The van der Waals surface area contributed by atoms with Crippen molar-refractivity contribution in [2.45, 2.75) is 31.8 Å². The summed E-state index contributed by atoms with van der Waals surface area (Å²) in [6, 6.07) is 25.1. The molecule has 0 bridgehead atoms. The molecule has 2 aliphatic rings. The summed E-state index contributed by atoms with van der Waals surface area (Å²) < 4.78 is 1.38. The molecule has 3 aromatic carbocycles. The van der Waals surface area contributed by atoms with Crippen LogP contribution in [0, 0.1) is 5.92 Å². The first-order valence-corrected chi connectivity index (χ1v) is 16.1. The van der Waals surface area contributed by atoms with Crippen LogP contribution in [0.3, 0.4) is 0 Å². The van der Waals surface area contributed by atoms with E-state index in [0.29, 0.717) is 0 Å². The number of hydrogen-bond donors (Lipinski definition) is 1. The number of benzene rings is 3. The standard InChI is InChI=1S/C34H39ClN4OS/c35-30-9-10-31(25-5-2-1-3-6-25)28(23-30)13-17-37-15-11-26(12-16-37)32(36)34(40)39-20-18-38(19-21-39)24-29-8-4-7-27-14-22-41-33(27)29/h1-10,14,22-23,26,32H,11-13,15-21,24,36H2. The third kappa shape index (κ3) is 6.68. The highest BCUT2D eigenvalue weighted by Crippen LogP contribution is 2.29. The highest BCUT2D eigenvalue weighted by molar-refractivity contribution is 7.17. The maximum Gasteiger partial charge on any atom is 0.239 e. The summed E-state index contributed by atoms with van der Waals surface area (Å²) in [5.74, 6) is 0.383. The highest BCUT2D eigenvalue weighted by atomic mass is 35.5. The van der Waals surface area contributed by atoms with E-state index in [1.54, 1.807) is 0 Å². The molecule has 7 heteroatoms. The smallest absolute Gasteiger partial charge is 0.239 e. The van der Waals surface area contributed by atoms with Gasteiger partial charge in [-0.15, -0.1) is 11.3 Å². The molecule has 4 aromatic rings. The Kier molecular flexibility index (Phi) is 9.04. The average molecular weight is 587 g/mol. The number of nitrogens with zero attached hydrogens (tertiary/aromatic N) is 3. The number of rotatable bonds is 8. The largest absolute Gasteiger partial charge is 0.339 e. The van der Waals surface area contributed by atoms with Crippen molar-refractivity contribution < 1.29 is 4.79 Å². The third-order valence-electron chi connectivity index (χ3n) is 8.91. The number of carbonyl (C=O) groups excluding carboxylic acids is 1. The number of amides is 1. The maximum absolute atomic E-state index is 13.4. The molecule has 0 saturated carbocycles. The topological polar surface area (TPSA) is 52.8 Å². The van der Waals surface area contributed by atoms with E-state index in [9.17, 15) is 4.79 Å². The molecule has 2 fully saturated rings. The molecule has 1 amide bonds. The van der Waals surface area contributed by atoms with Crippen molar-refractivity contribution in [2.75, 3.05) is 45.8 Å². The van der Waals surface area contributed by atoms with E-state index in [2.05, 4.69) is 75.8 Å². The Morgan fingerprint density at radius 3 is 2.44 bits per heavy atom. The molecule has 6 rings (SSSR count). The molecule has 0 aliphatic carbocycles. The van der Waals surface area contributed by atoms with Gasteiger partial charge in [0.25, 0.3) is 0 Å². The number of nitrogens with two attached hydrogens (primary N) is 1. The third-order valence-corrected chi connectivity index (χ3v) is 10.2. The van der Waals surface area contributed by atoms with Crippen LogP contribution in [0.1, 0.15) is 24.0 Å². The van der Waals surface area contributed by atoms with Crippen molar-refractivity contribution in [3.05, 3.63) is 94.3 Å². The van der Waals surface area contributed by atoms with Crippen LogP contribution in [0.25, 0.3) is 21.2 Å². The minimum absolute atomic E-state index is 0.134. The van der Waals surface area contributed by atoms with Crippen LogP contribution in [-0.4, -0.2) is 72.5 Å². The Hall–Kier alpha value is -2.74. The van der Waals surface area contributed by atoms with Gasteiger partial charge in [-0.1, -0.05) is 66.2 Å². The monoisotopic (exact) mass is 586 g/mol. The molecule has 0 radical (unpaired) electrons. The fourth-order valence-electron chi connectivity index (χ4n) is 6.44. The van der Waals surface area contributed by atoms with Crippen LogP contribution in [-0.2, 0) is 17.8 Å². The van der Waals surface area contributed by atoms with Gasteiger partial charge >= 0.3 is 0 Å². The second kappa shape index (κ2) is 13.1. The number of thiophene rings is 1. The Bertz CT molecular complexity index is 1460. The van der Waals surface area contributed by atoms with Gasteiger partial charge in [-0.25, -0.2) is 0 Å². The van der Waals surface area contributed by atoms with Crippen molar-refractivity contribution >= 4 is 38.9 Å². The van der Waals surface area contributed by atoms with Crippen LogP contribution < -0.4 is 5.73 Å². The van der Waals surface area contributed by atoms with Crippen molar-refractivity contribution in [1.82, 2.24) is 14.7 Å². The highest BCUT2D eigenvalue weighted by Gasteiger charge is 2.32. The van der Waals surface area contributed by atoms with Crippen LogP contribution in [0.4, 0.5) is 0 Å². The lowest BCUT2D eigenvalue weighted by molar-refractivity contribution is -0.136. The fourth-order valence-corrected chi connectivity index (χ4v) is 7.54. The van der Waals surface area contributed by atoms with Crippen molar-refractivity contribution in [1.29, 1.82) is 0 Å². The number of piperazine rings is 1. The summed E-state index contributed by atoms with van der Waals surface area (Å²) in [4.78, 5) is 20.3. The quantitative estimate of drug-likeness (QED) is 0.269. The Balaban J connectivity index is 0.968. The zero-order valence-electron chi connectivity index (χ0n) is 23.6. The van der Waals surface area contributed by atoms with Gasteiger partial charge in [0.2, 0.25) is 5.91 Å². The zero-order valence-corrected chi connectivity index (χ0v) is 25.1. The molecule has 2 aliphatic heterocycles. The second-order valence-electron chi connectivity index (χ2n) is 11.5. The maximum atomic E-state index is 13.4. The fraction of sp³-hybridized carbons (Fsp3) is 0.382. The SMILES string of the molecule is NC(C(=O)N1CCN(Cc2cccc3ccsc23)CC1)C1CCN(CCc2cc(Cl)ccc2-c2ccccc2)CC1. The summed E-state index contributed by atoms with van der Waals surface area (Å²) in [5, 5.41) is 4.26. The van der Waals surface area contributed by atoms with E-state index in [4.69, 9.17) is 17.3 Å². The van der Waals surface area contributed by atoms with E-state index in [-0.39, 0.29) is 11.8 Å². The normalized spacial score (nSPS) is 18.1. The first kappa shape index (κ1) is 28.4. The van der Waals surface area contributed by atoms with Crippen molar-refractivity contribution in [2.24, 2.45) is 11.7 Å². The summed E-state index contributed by atoms with van der Waals surface area (Å²) in [6.45, 7) is 7.19. The van der Waals surface area contributed by atoms with Crippen LogP contribution in [0.15, 0.2) is 78.2 Å². The van der Waals surface area contributed by atoms with Gasteiger partial charge in [-0.2, -0.15) is 0 Å². The Labute approximate surface area is 252 Å². The molecule has 1 aromatic heterocycles. The minimum Gasteiger partial charge on any atom is -0.339 e. The second-order valence-corrected chi connectivity index (χ2v) is 12.8. The molecule has 2 saturated heterocycles. The summed E-state index contributed by atoms with van der Waals surface area (Å²) in [5.41, 5.74) is 11.7. The van der Waals surface area contributed by atoms with E-state index < -0.39 is 6.04 Å². The minimum atomic E-state index is -0.402. The van der Waals surface area contributed by atoms with Gasteiger partial charge in [0.05, 0.1) is 6.04 Å². The number of likely N-dealkylation sites (tertiary alicyclic amines) is 1. The number of fused-ring (bicyclic) bond motifs is 1. The van der Waals surface area contributed by atoms with E-state index in [0.717, 1.165) is 76.6 Å². The van der Waals surface area contributed by atoms with Gasteiger partial charge in [-0.05, 0) is 89.5 Å². The molecular weight excluding hydrogens is 548 g/mol. The molecule has 5 nitrogen and oxygen atoms in total. The molecule has 1 atom stereocenters. The van der Waals surface area contributed by atoms with Gasteiger partial charge in [-0.3, -0.25) is 9.69 Å². The van der Waals surface area contributed by atoms with Crippen LogP contribution >= 0.6 is 22.9 Å². The van der Waals surface area contributed by atoms with E-state index >= 15 is 0 Å². The van der Waals surface area contributed by atoms with Gasteiger partial charge in [0.15, 0.2) is 0 Å². The molecule has 1 unspecified atom stereocenters. The van der Waals surface area contributed by atoms with Gasteiger partial charge < -0.3 is 15.5 Å². The lowest BCUT2D eigenvalue weighted by Crippen LogP contribution is -2.55. The molecule has 41 heavy (non-hydrogen) atoms. The van der Waals surface area contributed by atoms with Gasteiger partial charge in [0, 0.05) is 49.0 Å². The van der Waals surface area contributed by atoms with E-state index in [1.807, 2.05) is 28.4 Å². The predicted octanol–water partition coefficient (Wildman–Crippen LogP) is 6.15. The molecule has 0 spiro atoms. The lowest BCUT2D eigenvalue weighted by Gasteiger charge is -2.39. The van der Waals surface area contributed by atoms with E-state index in [1.165, 1.54) is 32.3 Å². The molecule has 2 N–H and O–H groups in total. The van der Waals surface area contributed by atoms with Crippen LogP contribution in [0.5, 0.6) is 0 Å². The Morgan fingerprint density at radius 2 is 1.66 bits per heavy atom. The summed E-state index contributed by atoms with van der Waals surface area (Å²) in [6.07, 6.45) is 2.89. The first-order chi connectivity index (χ1) is 20.0. The molecular formula is C34H39ClN4OS. The molecule has 3 heterocycles. The summed E-state index contributed by atoms with van der Waals surface area (Å²) in [7, 11) is 0. The van der Waals surface area contributed by atoms with Crippen LogP contribution in [0.2, 0.25) is 5.02 Å². The number of carbonyl (C=O) groups is 1. The van der Waals surface area contributed by atoms with Crippen molar-refractivity contribution in [3.63, 3.8) is 0 Å². The number of halogens is 1. The Morgan fingerprint density at radius 1 is 0.878 bits per heavy atom. The first-order valence-electron chi connectivity index (χ1n) is 14.8. The summed E-state index contributed by atoms with van der Waals surface area (Å²) >= 11 is 8.18. The van der Waals surface area contributed by atoms with Crippen molar-refractivity contribution in [3.8, 4) is 11.1 Å². The average Bonchev–Trinajstić information content (AvgIpc) is 3.51. The van der Waals surface area contributed by atoms with Gasteiger partial charge in [0.1, 0.15) is 0 Å². The predicted molar refractivity (Wildman–Crippen MR) is 171 cm³/mol. The lowest BCUT2D eigenvalue weighted by atomic mass is 9.88. The number of piperidine rings is 1. The molecule has 214 valence electrons. The zero-order chi connectivity index (χ0) is 28.2.